The number of likely N-dealkylation sites (tertiary alicyclic amines) is 1. The SMILES string of the molecule is CC1CC(=O)N(Cc2cccc([N+](=O)[O-])c2NN)C1=O. The topological polar surface area (TPSA) is 119 Å². The summed E-state index contributed by atoms with van der Waals surface area (Å²) in [7, 11) is 0. The van der Waals surface area contributed by atoms with Crippen LogP contribution in [0, 0.1) is 16.0 Å². The Morgan fingerprint density at radius 3 is 2.70 bits per heavy atom. The number of nitrogens with zero attached hydrogens (tertiary/aromatic N) is 2. The maximum absolute atomic E-state index is 11.9. The summed E-state index contributed by atoms with van der Waals surface area (Å²) < 4.78 is 0. The summed E-state index contributed by atoms with van der Waals surface area (Å²) in [6.07, 6.45) is 0.166. The lowest BCUT2D eigenvalue weighted by molar-refractivity contribution is -0.384. The molecule has 3 N–H and O–H groups in total. The smallest absolute Gasteiger partial charge is 0.293 e. The zero-order valence-electron chi connectivity index (χ0n) is 10.8. The molecular formula is C12H14N4O4. The first kappa shape index (κ1) is 13.9. The van der Waals surface area contributed by atoms with Crippen molar-refractivity contribution in [3.8, 4) is 0 Å². The van der Waals surface area contributed by atoms with Gasteiger partial charge in [0.25, 0.3) is 5.69 Å². The van der Waals surface area contributed by atoms with E-state index in [2.05, 4.69) is 5.43 Å². The van der Waals surface area contributed by atoms with Gasteiger partial charge in [0.15, 0.2) is 0 Å². The number of nitrogens with two attached hydrogens (primary N) is 1. The van der Waals surface area contributed by atoms with Crippen LogP contribution in [-0.2, 0) is 16.1 Å². The van der Waals surface area contributed by atoms with Crippen molar-refractivity contribution in [1.29, 1.82) is 0 Å². The highest BCUT2D eigenvalue weighted by Gasteiger charge is 2.36. The van der Waals surface area contributed by atoms with Gasteiger partial charge in [-0.1, -0.05) is 19.1 Å². The highest BCUT2D eigenvalue weighted by Crippen LogP contribution is 2.30. The molecule has 0 saturated carbocycles. The number of hydrogen-bond acceptors (Lipinski definition) is 6. The van der Waals surface area contributed by atoms with Crippen molar-refractivity contribution < 1.29 is 14.5 Å². The Balaban J connectivity index is 2.35. The standard InChI is InChI=1S/C12H14N4O4/c1-7-5-10(17)15(12(7)18)6-8-3-2-4-9(16(19)20)11(8)14-13/h2-4,7,14H,5-6,13H2,1H3. The molecule has 0 spiro atoms. The minimum absolute atomic E-state index is 0.0246. The molecule has 1 aliphatic heterocycles. The largest absolute Gasteiger partial charge is 0.318 e. The first-order valence-electron chi connectivity index (χ1n) is 6.02. The molecule has 8 heteroatoms. The van der Waals surface area contributed by atoms with Crippen LogP contribution in [-0.4, -0.2) is 21.6 Å². The molecule has 0 bridgehead atoms. The molecule has 1 unspecified atom stereocenters. The van der Waals surface area contributed by atoms with Crippen molar-refractivity contribution in [2.45, 2.75) is 19.9 Å². The van der Waals surface area contributed by atoms with Crippen LogP contribution in [0.3, 0.4) is 0 Å². The van der Waals surface area contributed by atoms with Crippen LogP contribution in [0.25, 0.3) is 0 Å². The zero-order valence-corrected chi connectivity index (χ0v) is 10.8. The van der Waals surface area contributed by atoms with E-state index in [9.17, 15) is 19.7 Å². The van der Waals surface area contributed by atoms with Crippen molar-refractivity contribution in [1.82, 2.24) is 4.90 Å². The molecule has 1 fully saturated rings. The lowest BCUT2D eigenvalue weighted by Gasteiger charge is -2.16. The van der Waals surface area contributed by atoms with Crippen LogP contribution in [0.4, 0.5) is 11.4 Å². The number of amides is 2. The molecule has 1 saturated heterocycles. The monoisotopic (exact) mass is 278 g/mol. The Labute approximate surface area is 114 Å². The molecule has 1 aliphatic rings. The fourth-order valence-electron chi connectivity index (χ4n) is 2.22. The third kappa shape index (κ3) is 2.32. The zero-order chi connectivity index (χ0) is 14.9. The third-order valence-electron chi connectivity index (χ3n) is 3.27. The van der Waals surface area contributed by atoms with Crippen LogP contribution in [0.1, 0.15) is 18.9 Å². The molecular weight excluding hydrogens is 264 g/mol. The number of rotatable bonds is 4. The van der Waals surface area contributed by atoms with Gasteiger partial charge in [-0.2, -0.15) is 0 Å². The predicted molar refractivity (Wildman–Crippen MR) is 70.2 cm³/mol. The summed E-state index contributed by atoms with van der Waals surface area (Å²) in [5, 5.41) is 10.9. The summed E-state index contributed by atoms with van der Waals surface area (Å²) in [6, 6.07) is 4.38. The number of hydrogen-bond donors (Lipinski definition) is 2. The number of hydrazine groups is 1. The Bertz CT molecular complexity index is 587. The number of para-hydroxylation sites is 1. The Kier molecular flexibility index (Phi) is 3.66. The van der Waals surface area contributed by atoms with Gasteiger partial charge >= 0.3 is 0 Å². The molecule has 8 nitrogen and oxygen atoms in total. The molecule has 2 amide bonds. The van der Waals surface area contributed by atoms with Crippen LogP contribution >= 0.6 is 0 Å². The van der Waals surface area contributed by atoms with Crippen LogP contribution in [0.5, 0.6) is 0 Å². The third-order valence-corrected chi connectivity index (χ3v) is 3.27. The van der Waals surface area contributed by atoms with Gasteiger partial charge < -0.3 is 5.43 Å². The minimum Gasteiger partial charge on any atom is -0.318 e. The number of carbonyl (C=O) groups is 2. The van der Waals surface area contributed by atoms with Gasteiger partial charge in [-0.05, 0) is 0 Å². The van der Waals surface area contributed by atoms with Gasteiger partial charge in [0.2, 0.25) is 11.8 Å². The summed E-state index contributed by atoms with van der Waals surface area (Å²) >= 11 is 0. The number of carbonyl (C=O) groups excluding carboxylic acids is 2. The number of imide groups is 1. The summed E-state index contributed by atoms with van der Waals surface area (Å²) in [4.78, 5) is 35.0. The quantitative estimate of drug-likeness (QED) is 0.363. The van der Waals surface area contributed by atoms with Gasteiger partial charge in [0.1, 0.15) is 5.69 Å². The second kappa shape index (κ2) is 5.25. The normalized spacial score (nSPS) is 18.5. The van der Waals surface area contributed by atoms with E-state index in [1.165, 1.54) is 12.1 Å². The summed E-state index contributed by atoms with van der Waals surface area (Å²) in [5.41, 5.74) is 2.61. The van der Waals surface area contributed by atoms with Gasteiger partial charge in [-0.25, -0.2) is 0 Å². The molecule has 1 heterocycles. The van der Waals surface area contributed by atoms with E-state index in [1.807, 2.05) is 0 Å². The van der Waals surface area contributed by atoms with Gasteiger partial charge in [0, 0.05) is 24.0 Å². The molecule has 1 aromatic rings. The van der Waals surface area contributed by atoms with Crippen molar-refractivity contribution in [3.63, 3.8) is 0 Å². The number of benzene rings is 1. The number of nitrogen functional groups attached to an aromatic ring is 1. The summed E-state index contributed by atoms with van der Waals surface area (Å²) in [6.45, 7) is 1.65. The molecule has 1 aromatic carbocycles. The fraction of sp³-hybridized carbons (Fsp3) is 0.333. The second-order valence-corrected chi connectivity index (χ2v) is 4.64. The fourth-order valence-corrected chi connectivity index (χ4v) is 2.22. The van der Waals surface area contributed by atoms with Crippen molar-refractivity contribution in [2.24, 2.45) is 11.8 Å². The first-order chi connectivity index (χ1) is 9.45. The molecule has 1 atom stereocenters. The predicted octanol–water partition coefficient (Wildman–Crippen LogP) is 0.775. The molecule has 106 valence electrons. The van der Waals surface area contributed by atoms with Crippen molar-refractivity contribution >= 4 is 23.2 Å². The first-order valence-corrected chi connectivity index (χ1v) is 6.02. The lowest BCUT2D eigenvalue weighted by Crippen LogP contribution is -2.30. The molecule has 2 rings (SSSR count). The Morgan fingerprint density at radius 1 is 1.50 bits per heavy atom. The van der Waals surface area contributed by atoms with Crippen molar-refractivity contribution in [2.75, 3.05) is 5.43 Å². The summed E-state index contributed by atoms with van der Waals surface area (Å²) in [5.74, 6) is 4.41. The van der Waals surface area contributed by atoms with Gasteiger partial charge in [0.05, 0.1) is 11.5 Å². The van der Waals surface area contributed by atoms with E-state index in [-0.39, 0.29) is 42.1 Å². The van der Waals surface area contributed by atoms with Crippen LogP contribution in [0.15, 0.2) is 18.2 Å². The number of nitro benzene ring substituents is 1. The molecule has 20 heavy (non-hydrogen) atoms. The van der Waals surface area contributed by atoms with Gasteiger partial charge in [-0.15, -0.1) is 0 Å². The average molecular weight is 278 g/mol. The van der Waals surface area contributed by atoms with E-state index < -0.39 is 4.92 Å². The Hall–Kier alpha value is -2.48. The number of anilines is 1. The molecule has 0 radical (unpaired) electrons. The van der Waals surface area contributed by atoms with E-state index in [4.69, 9.17) is 5.84 Å². The molecule has 0 aromatic heterocycles. The highest BCUT2D eigenvalue weighted by molar-refractivity contribution is 6.03. The maximum atomic E-state index is 11.9. The maximum Gasteiger partial charge on any atom is 0.293 e. The average Bonchev–Trinajstić information content (AvgIpc) is 2.65. The van der Waals surface area contributed by atoms with E-state index >= 15 is 0 Å². The van der Waals surface area contributed by atoms with E-state index in [1.54, 1.807) is 13.0 Å². The second-order valence-electron chi connectivity index (χ2n) is 4.64. The highest BCUT2D eigenvalue weighted by atomic mass is 16.6. The Morgan fingerprint density at radius 2 is 2.20 bits per heavy atom. The van der Waals surface area contributed by atoms with E-state index in [0.29, 0.717) is 5.56 Å². The van der Waals surface area contributed by atoms with E-state index in [0.717, 1.165) is 4.90 Å². The van der Waals surface area contributed by atoms with Crippen LogP contribution in [0.2, 0.25) is 0 Å². The number of nitrogens with one attached hydrogen (secondary N) is 1. The van der Waals surface area contributed by atoms with Gasteiger partial charge in [-0.3, -0.25) is 30.4 Å². The number of nitro groups is 1. The van der Waals surface area contributed by atoms with Crippen molar-refractivity contribution in [3.05, 3.63) is 33.9 Å². The lowest BCUT2D eigenvalue weighted by atomic mass is 10.1. The molecule has 0 aliphatic carbocycles. The van der Waals surface area contributed by atoms with Crippen LogP contribution < -0.4 is 11.3 Å². The minimum atomic E-state index is -0.574.